The third-order valence-electron chi connectivity index (χ3n) is 4.08. The zero-order valence-corrected chi connectivity index (χ0v) is 15.6. The Morgan fingerprint density at radius 2 is 1.79 bits per heavy atom. The lowest BCUT2D eigenvalue weighted by molar-refractivity contribution is 0.0600. The predicted molar refractivity (Wildman–Crippen MR) is 107 cm³/mol. The van der Waals surface area contributed by atoms with E-state index in [2.05, 4.69) is 32.3 Å². The lowest BCUT2D eigenvalue weighted by Crippen LogP contribution is -2.15. The molecule has 1 amide bonds. The molecule has 3 aromatic rings. The maximum Gasteiger partial charge on any atom is 0.337 e. The highest BCUT2D eigenvalue weighted by Crippen LogP contribution is 2.17. The molecule has 7 nitrogen and oxygen atoms in total. The fourth-order valence-corrected chi connectivity index (χ4v) is 2.56. The van der Waals surface area contributed by atoms with E-state index < -0.39 is 11.9 Å². The Morgan fingerprint density at radius 1 is 1.00 bits per heavy atom. The molecule has 2 N–H and O–H groups in total. The number of ether oxygens (including phenoxy) is 1. The Kier molecular flexibility index (Phi) is 5.96. The summed E-state index contributed by atoms with van der Waals surface area (Å²) in [6.07, 6.45) is 2.29. The van der Waals surface area contributed by atoms with Crippen LogP contribution in [0.15, 0.2) is 60.9 Å². The van der Waals surface area contributed by atoms with E-state index in [1.165, 1.54) is 19.0 Å². The van der Waals surface area contributed by atoms with E-state index >= 15 is 0 Å². The summed E-state index contributed by atoms with van der Waals surface area (Å²) in [5.74, 6) is -0.375. The molecular formula is C21H20N4O3. The summed E-state index contributed by atoms with van der Waals surface area (Å²) in [4.78, 5) is 32.3. The first kappa shape index (κ1) is 19.0. The maximum absolute atomic E-state index is 12.5. The van der Waals surface area contributed by atoms with E-state index in [0.717, 1.165) is 12.1 Å². The van der Waals surface area contributed by atoms with Crippen LogP contribution in [0, 0.1) is 0 Å². The Hall–Kier alpha value is -3.74. The minimum absolute atomic E-state index is 0.200. The summed E-state index contributed by atoms with van der Waals surface area (Å²) in [5.41, 5.74) is 3.12. The second-order valence-electron chi connectivity index (χ2n) is 5.99. The van der Waals surface area contributed by atoms with Crippen molar-refractivity contribution in [3.8, 4) is 0 Å². The first-order valence-electron chi connectivity index (χ1n) is 8.76. The predicted octanol–water partition coefficient (Wildman–Crippen LogP) is 3.82. The molecule has 0 saturated carbocycles. The number of anilines is 3. The number of aromatic nitrogens is 2. The van der Waals surface area contributed by atoms with Gasteiger partial charge in [0, 0.05) is 17.4 Å². The Balaban J connectivity index is 1.72. The zero-order valence-electron chi connectivity index (χ0n) is 15.6. The molecule has 0 aliphatic rings. The summed E-state index contributed by atoms with van der Waals surface area (Å²) in [5, 5.41) is 5.87. The molecule has 142 valence electrons. The SMILES string of the molecule is CCc1ccc(Nc2cc(C(=O)Nc3cccc(C(=O)OC)c3)ncn2)cc1. The summed E-state index contributed by atoms with van der Waals surface area (Å²) in [7, 11) is 1.30. The summed E-state index contributed by atoms with van der Waals surface area (Å²) in [6.45, 7) is 2.10. The van der Waals surface area contributed by atoms with Crippen LogP contribution < -0.4 is 10.6 Å². The van der Waals surface area contributed by atoms with E-state index in [0.29, 0.717) is 17.1 Å². The van der Waals surface area contributed by atoms with Crippen molar-refractivity contribution in [1.82, 2.24) is 9.97 Å². The third-order valence-corrected chi connectivity index (χ3v) is 4.08. The number of carbonyl (C=O) groups is 2. The first-order chi connectivity index (χ1) is 13.6. The molecule has 0 saturated heterocycles. The molecule has 0 aliphatic heterocycles. The molecule has 0 atom stereocenters. The van der Waals surface area contributed by atoms with Crippen molar-refractivity contribution in [1.29, 1.82) is 0 Å². The van der Waals surface area contributed by atoms with Crippen LogP contribution in [0.2, 0.25) is 0 Å². The minimum Gasteiger partial charge on any atom is -0.465 e. The largest absolute Gasteiger partial charge is 0.465 e. The minimum atomic E-state index is -0.473. The van der Waals surface area contributed by atoms with Crippen LogP contribution in [0.1, 0.15) is 33.3 Å². The second-order valence-corrected chi connectivity index (χ2v) is 5.99. The fraction of sp³-hybridized carbons (Fsp3) is 0.143. The molecule has 0 bridgehead atoms. The van der Waals surface area contributed by atoms with Gasteiger partial charge in [-0.1, -0.05) is 25.1 Å². The number of rotatable bonds is 6. The van der Waals surface area contributed by atoms with Crippen LogP contribution >= 0.6 is 0 Å². The number of hydrogen-bond acceptors (Lipinski definition) is 6. The smallest absolute Gasteiger partial charge is 0.337 e. The molecule has 0 aliphatic carbocycles. The monoisotopic (exact) mass is 376 g/mol. The highest BCUT2D eigenvalue weighted by molar-refractivity contribution is 6.04. The second kappa shape index (κ2) is 8.77. The molecule has 0 radical (unpaired) electrons. The number of hydrogen-bond donors (Lipinski definition) is 2. The highest BCUT2D eigenvalue weighted by atomic mass is 16.5. The topological polar surface area (TPSA) is 93.2 Å². The molecule has 2 aromatic carbocycles. The number of nitrogens with zero attached hydrogens (tertiary/aromatic N) is 2. The van der Waals surface area contributed by atoms with Crippen molar-refractivity contribution in [3.05, 3.63) is 77.7 Å². The molecule has 28 heavy (non-hydrogen) atoms. The van der Waals surface area contributed by atoms with Crippen molar-refractivity contribution in [2.24, 2.45) is 0 Å². The van der Waals surface area contributed by atoms with Gasteiger partial charge in [-0.2, -0.15) is 0 Å². The van der Waals surface area contributed by atoms with Gasteiger partial charge in [0.1, 0.15) is 17.8 Å². The third kappa shape index (κ3) is 4.70. The fourth-order valence-electron chi connectivity index (χ4n) is 2.56. The van der Waals surface area contributed by atoms with Crippen LogP contribution in [-0.4, -0.2) is 29.0 Å². The number of esters is 1. The van der Waals surface area contributed by atoms with Gasteiger partial charge in [0.25, 0.3) is 5.91 Å². The Morgan fingerprint density at radius 3 is 2.50 bits per heavy atom. The van der Waals surface area contributed by atoms with Gasteiger partial charge in [-0.3, -0.25) is 4.79 Å². The molecule has 3 rings (SSSR count). The van der Waals surface area contributed by atoms with Crippen LogP contribution in [0.5, 0.6) is 0 Å². The normalized spacial score (nSPS) is 10.2. The van der Waals surface area contributed by atoms with Gasteiger partial charge in [-0.05, 0) is 42.3 Å². The highest BCUT2D eigenvalue weighted by Gasteiger charge is 2.11. The molecule has 7 heteroatoms. The van der Waals surface area contributed by atoms with Gasteiger partial charge in [0.15, 0.2) is 0 Å². The molecule has 0 spiro atoms. The molecule has 1 heterocycles. The van der Waals surface area contributed by atoms with Gasteiger partial charge in [0.2, 0.25) is 0 Å². The lowest BCUT2D eigenvalue weighted by atomic mass is 10.1. The van der Waals surface area contributed by atoms with Gasteiger partial charge in [-0.25, -0.2) is 14.8 Å². The summed E-state index contributed by atoms with van der Waals surface area (Å²) < 4.78 is 4.69. The van der Waals surface area contributed by atoms with Gasteiger partial charge < -0.3 is 15.4 Å². The van der Waals surface area contributed by atoms with E-state index in [1.54, 1.807) is 30.3 Å². The number of amides is 1. The van der Waals surface area contributed by atoms with Crippen molar-refractivity contribution in [3.63, 3.8) is 0 Å². The van der Waals surface area contributed by atoms with E-state index in [9.17, 15) is 9.59 Å². The molecule has 1 aromatic heterocycles. The summed E-state index contributed by atoms with van der Waals surface area (Å²) in [6, 6.07) is 16.0. The van der Waals surface area contributed by atoms with Gasteiger partial charge >= 0.3 is 5.97 Å². The average molecular weight is 376 g/mol. The molecule has 0 fully saturated rings. The molecular weight excluding hydrogens is 356 g/mol. The van der Waals surface area contributed by atoms with Crippen molar-refractivity contribution in [2.75, 3.05) is 17.7 Å². The average Bonchev–Trinajstić information content (AvgIpc) is 2.74. The van der Waals surface area contributed by atoms with Crippen molar-refractivity contribution >= 4 is 29.1 Å². The number of methoxy groups -OCH3 is 1. The van der Waals surface area contributed by atoms with Crippen LogP contribution in [0.25, 0.3) is 0 Å². The lowest BCUT2D eigenvalue weighted by Gasteiger charge is -2.09. The van der Waals surface area contributed by atoms with Gasteiger partial charge in [-0.15, -0.1) is 0 Å². The van der Waals surface area contributed by atoms with Gasteiger partial charge in [0.05, 0.1) is 12.7 Å². The van der Waals surface area contributed by atoms with Crippen LogP contribution in [0.4, 0.5) is 17.2 Å². The van der Waals surface area contributed by atoms with Crippen molar-refractivity contribution in [2.45, 2.75) is 13.3 Å². The first-order valence-corrected chi connectivity index (χ1v) is 8.76. The number of benzene rings is 2. The number of nitrogens with one attached hydrogen (secondary N) is 2. The van der Waals surface area contributed by atoms with Crippen molar-refractivity contribution < 1.29 is 14.3 Å². The van der Waals surface area contributed by atoms with E-state index in [4.69, 9.17) is 0 Å². The van der Waals surface area contributed by atoms with E-state index in [1.807, 2.05) is 24.3 Å². The summed E-state index contributed by atoms with van der Waals surface area (Å²) >= 11 is 0. The van der Waals surface area contributed by atoms with Crippen LogP contribution in [-0.2, 0) is 11.2 Å². The Bertz CT molecular complexity index is 987. The standard InChI is InChI=1S/C21H20N4O3/c1-3-14-7-9-16(10-8-14)24-19-12-18(22-13-23-19)20(26)25-17-6-4-5-15(11-17)21(27)28-2/h4-13H,3H2,1-2H3,(H,25,26)(H,22,23,24). The quantitative estimate of drug-likeness (QED) is 0.635. The van der Waals surface area contributed by atoms with Crippen LogP contribution in [0.3, 0.4) is 0 Å². The Labute approximate surface area is 162 Å². The molecule has 0 unspecified atom stereocenters. The van der Waals surface area contributed by atoms with E-state index in [-0.39, 0.29) is 5.69 Å². The maximum atomic E-state index is 12.5. The number of aryl methyl sites for hydroxylation is 1. The number of carbonyl (C=O) groups excluding carboxylic acids is 2. The zero-order chi connectivity index (χ0) is 19.9.